The van der Waals surface area contributed by atoms with Crippen molar-refractivity contribution < 1.29 is 14.3 Å². The van der Waals surface area contributed by atoms with Crippen molar-refractivity contribution in [3.05, 3.63) is 11.6 Å². The molecule has 0 aromatic rings. The molecule has 1 aliphatic rings. The van der Waals surface area contributed by atoms with Crippen LogP contribution in [0.1, 0.15) is 20.8 Å². The number of carbonyl (C=O) groups is 2. The SMILES string of the molecule is CCOC(=O)N1CCN(C(=O)C=C(C)C)CC1. The highest BCUT2D eigenvalue weighted by Gasteiger charge is 2.23. The number of nitrogens with zero attached hydrogens (tertiary/aromatic N) is 2. The number of rotatable bonds is 2. The third kappa shape index (κ3) is 4.09. The summed E-state index contributed by atoms with van der Waals surface area (Å²) < 4.78 is 4.91. The Hall–Kier alpha value is -1.52. The average molecular weight is 240 g/mol. The molecule has 0 aromatic carbocycles. The lowest BCUT2D eigenvalue weighted by Crippen LogP contribution is -2.50. The van der Waals surface area contributed by atoms with Crippen molar-refractivity contribution in [2.75, 3.05) is 32.8 Å². The standard InChI is InChI=1S/C12H20N2O3/c1-4-17-12(16)14-7-5-13(6-8-14)11(15)9-10(2)3/h9H,4-8H2,1-3H3. The van der Waals surface area contributed by atoms with Crippen LogP contribution in [-0.4, -0.2) is 54.6 Å². The number of ether oxygens (including phenoxy) is 1. The second-order valence-electron chi connectivity index (χ2n) is 4.23. The van der Waals surface area contributed by atoms with Gasteiger partial charge in [-0.25, -0.2) is 4.79 Å². The van der Waals surface area contributed by atoms with Crippen molar-refractivity contribution in [2.45, 2.75) is 20.8 Å². The summed E-state index contributed by atoms with van der Waals surface area (Å²) in [5.41, 5.74) is 0.989. The molecule has 0 atom stereocenters. The summed E-state index contributed by atoms with van der Waals surface area (Å²) >= 11 is 0. The summed E-state index contributed by atoms with van der Waals surface area (Å²) in [6.07, 6.45) is 1.34. The fourth-order valence-corrected chi connectivity index (χ4v) is 1.66. The largest absolute Gasteiger partial charge is 0.450 e. The topological polar surface area (TPSA) is 49.9 Å². The molecule has 1 rings (SSSR count). The van der Waals surface area contributed by atoms with Gasteiger partial charge in [0.05, 0.1) is 6.61 Å². The van der Waals surface area contributed by atoms with E-state index in [0.717, 1.165) is 5.57 Å². The smallest absolute Gasteiger partial charge is 0.409 e. The van der Waals surface area contributed by atoms with Gasteiger partial charge in [0.2, 0.25) is 5.91 Å². The summed E-state index contributed by atoms with van der Waals surface area (Å²) in [5.74, 6) is 0.0218. The van der Waals surface area contributed by atoms with E-state index in [9.17, 15) is 9.59 Å². The summed E-state index contributed by atoms with van der Waals surface area (Å²) in [6, 6.07) is 0. The molecular formula is C12H20N2O3. The minimum Gasteiger partial charge on any atom is -0.450 e. The monoisotopic (exact) mass is 240 g/mol. The number of amides is 2. The van der Waals surface area contributed by atoms with Crippen LogP contribution in [-0.2, 0) is 9.53 Å². The second-order valence-corrected chi connectivity index (χ2v) is 4.23. The first-order valence-corrected chi connectivity index (χ1v) is 5.90. The van der Waals surface area contributed by atoms with E-state index in [0.29, 0.717) is 32.8 Å². The minimum atomic E-state index is -0.290. The molecule has 96 valence electrons. The number of piperazine rings is 1. The Bertz CT molecular complexity index is 314. The van der Waals surface area contributed by atoms with Gasteiger partial charge in [-0.15, -0.1) is 0 Å². The number of allylic oxidation sites excluding steroid dienone is 1. The fourth-order valence-electron chi connectivity index (χ4n) is 1.66. The van der Waals surface area contributed by atoms with Crippen LogP contribution in [0.4, 0.5) is 4.79 Å². The molecule has 1 aliphatic heterocycles. The molecule has 0 spiro atoms. The summed E-state index contributed by atoms with van der Waals surface area (Å²) in [7, 11) is 0. The highest BCUT2D eigenvalue weighted by Crippen LogP contribution is 2.05. The first-order chi connectivity index (χ1) is 8.04. The Kier molecular flexibility index (Phi) is 5.00. The van der Waals surface area contributed by atoms with Gasteiger partial charge >= 0.3 is 6.09 Å². The first-order valence-electron chi connectivity index (χ1n) is 5.90. The van der Waals surface area contributed by atoms with Gasteiger partial charge in [-0.1, -0.05) is 5.57 Å². The lowest BCUT2D eigenvalue weighted by molar-refractivity contribution is -0.127. The van der Waals surface area contributed by atoms with Crippen molar-refractivity contribution in [3.8, 4) is 0 Å². The summed E-state index contributed by atoms with van der Waals surface area (Å²) in [6.45, 7) is 8.19. The van der Waals surface area contributed by atoms with Crippen molar-refractivity contribution in [2.24, 2.45) is 0 Å². The normalized spacial score (nSPS) is 15.5. The summed E-state index contributed by atoms with van der Waals surface area (Å²) in [4.78, 5) is 26.6. The van der Waals surface area contributed by atoms with E-state index in [2.05, 4.69) is 0 Å². The lowest BCUT2D eigenvalue weighted by Gasteiger charge is -2.33. The van der Waals surface area contributed by atoms with Crippen LogP contribution in [0.25, 0.3) is 0 Å². The van der Waals surface area contributed by atoms with E-state index in [1.165, 1.54) is 0 Å². The molecule has 0 radical (unpaired) electrons. The van der Waals surface area contributed by atoms with Crippen molar-refractivity contribution >= 4 is 12.0 Å². The van der Waals surface area contributed by atoms with E-state index < -0.39 is 0 Å². The Balaban J connectivity index is 2.43. The van der Waals surface area contributed by atoms with Crippen molar-refractivity contribution in [1.29, 1.82) is 0 Å². The Morgan fingerprint density at radius 1 is 1.12 bits per heavy atom. The van der Waals surface area contributed by atoms with E-state index >= 15 is 0 Å². The maximum absolute atomic E-state index is 11.7. The quantitative estimate of drug-likeness (QED) is 0.683. The molecule has 0 N–H and O–H groups in total. The van der Waals surface area contributed by atoms with Crippen LogP contribution in [0.5, 0.6) is 0 Å². The predicted molar refractivity (Wildman–Crippen MR) is 64.6 cm³/mol. The molecule has 1 heterocycles. The Morgan fingerprint density at radius 3 is 2.12 bits per heavy atom. The lowest BCUT2D eigenvalue weighted by atomic mass is 10.2. The molecule has 17 heavy (non-hydrogen) atoms. The van der Waals surface area contributed by atoms with Crippen LogP contribution in [0.3, 0.4) is 0 Å². The molecular weight excluding hydrogens is 220 g/mol. The summed E-state index contributed by atoms with van der Waals surface area (Å²) in [5, 5.41) is 0. The molecule has 0 saturated carbocycles. The Labute approximate surface area is 102 Å². The van der Waals surface area contributed by atoms with E-state index in [4.69, 9.17) is 4.74 Å². The molecule has 1 saturated heterocycles. The first kappa shape index (κ1) is 13.5. The van der Waals surface area contributed by atoms with Crippen LogP contribution in [0.2, 0.25) is 0 Å². The molecule has 0 unspecified atom stereocenters. The maximum atomic E-state index is 11.7. The highest BCUT2D eigenvalue weighted by molar-refractivity contribution is 5.88. The molecule has 5 heteroatoms. The third-order valence-corrected chi connectivity index (χ3v) is 2.53. The van der Waals surface area contributed by atoms with Crippen molar-refractivity contribution in [3.63, 3.8) is 0 Å². The van der Waals surface area contributed by atoms with E-state index in [1.807, 2.05) is 13.8 Å². The maximum Gasteiger partial charge on any atom is 0.409 e. The minimum absolute atomic E-state index is 0.0218. The van der Waals surface area contributed by atoms with Crippen LogP contribution in [0.15, 0.2) is 11.6 Å². The van der Waals surface area contributed by atoms with Crippen LogP contribution >= 0.6 is 0 Å². The van der Waals surface area contributed by atoms with Crippen LogP contribution < -0.4 is 0 Å². The number of hydrogen-bond donors (Lipinski definition) is 0. The van der Waals surface area contributed by atoms with Gasteiger partial charge in [-0.2, -0.15) is 0 Å². The fraction of sp³-hybridized carbons (Fsp3) is 0.667. The third-order valence-electron chi connectivity index (χ3n) is 2.53. The van der Waals surface area contributed by atoms with Gasteiger partial charge in [0.25, 0.3) is 0 Å². The number of carbonyl (C=O) groups excluding carboxylic acids is 2. The predicted octanol–water partition coefficient (Wildman–Crippen LogP) is 1.25. The van der Waals surface area contributed by atoms with Gasteiger partial charge < -0.3 is 14.5 Å². The van der Waals surface area contributed by atoms with Gasteiger partial charge in [-0.3, -0.25) is 4.79 Å². The van der Waals surface area contributed by atoms with Gasteiger partial charge in [0.15, 0.2) is 0 Å². The van der Waals surface area contributed by atoms with Gasteiger partial charge in [0, 0.05) is 32.3 Å². The molecule has 2 amide bonds. The van der Waals surface area contributed by atoms with E-state index in [-0.39, 0.29) is 12.0 Å². The highest BCUT2D eigenvalue weighted by atomic mass is 16.6. The van der Waals surface area contributed by atoms with Crippen LogP contribution in [0, 0.1) is 0 Å². The van der Waals surface area contributed by atoms with Gasteiger partial charge in [-0.05, 0) is 20.8 Å². The van der Waals surface area contributed by atoms with E-state index in [1.54, 1.807) is 22.8 Å². The zero-order chi connectivity index (χ0) is 12.8. The zero-order valence-corrected chi connectivity index (χ0v) is 10.7. The molecule has 0 aromatic heterocycles. The second kappa shape index (κ2) is 6.27. The zero-order valence-electron chi connectivity index (χ0n) is 10.7. The molecule has 5 nitrogen and oxygen atoms in total. The average Bonchev–Trinajstić information content (AvgIpc) is 2.28. The van der Waals surface area contributed by atoms with Crippen molar-refractivity contribution in [1.82, 2.24) is 9.80 Å². The molecule has 0 bridgehead atoms. The number of hydrogen-bond acceptors (Lipinski definition) is 3. The molecule has 0 aliphatic carbocycles. The van der Waals surface area contributed by atoms with Gasteiger partial charge in [0.1, 0.15) is 0 Å². The molecule has 1 fully saturated rings. The Morgan fingerprint density at radius 2 is 1.65 bits per heavy atom.